The van der Waals surface area contributed by atoms with Gasteiger partial charge in [-0.15, -0.1) is 0 Å². The lowest BCUT2D eigenvalue weighted by Crippen LogP contribution is -2.56. The summed E-state index contributed by atoms with van der Waals surface area (Å²) in [4.78, 5) is 5.48. The van der Waals surface area contributed by atoms with Gasteiger partial charge in [0.1, 0.15) is 0 Å². The van der Waals surface area contributed by atoms with E-state index in [1.54, 1.807) is 0 Å². The zero-order valence-electron chi connectivity index (χ0n) is 12.1. The maximum atomic E-state index is 2.75. The summed E-state index contributed by atoms with van der Waals surface area (Å²) in [5.74, 6) is 0. The second-order valence-electron chi connectivity index (χ2n) is 6.08. The van der Waals surface area contributed by atoms with E-state index < -0.39 is 0 Å². The van der Waals surface area contributed by atoms with Gasteiger partial charge in [-0.25, -0.2) is 0 Å². The number of hydrogen-bond donors (Lipinski definition) is 0. The van der Waals surface area contributed by atoms with Crippen molar-refractivity contribution in [2.24, 2.45) is 0 Å². The van der Waals surface area contributed by atoms with E-state index in [0.29, 0.717) is 0 Å². The predicted octanol–water partition coefficient (Wildman–Crippen LogP) is 2.79. The molecule has 1 aromatic rings. The Morgan fingerprint density at radius 3 is 2.79 bits per heavy atom. The minimum absolute atomic E-state index is 0.776. The van der Waals surface area contributed by atoms with Crippen LogP contribution in [0, 0.1) is 0 Å². The van der Waals surface area contributed by atoms with E-state index >= 15 is 0 Å². The highest BCUT2D eigenvalue weighted by atomic mass is 15.3. The molecule has 2 saturated heterocycles. The number of hydrogen-bond acceptors (Lipinski definition) is 2. The molecule has 2 aliphatic rings. The van der Waals surface area contributed by atoms with E-state index in [4.69, 9.17) is 0 Å². The first kappa shape index (κ1) is 13.1. The van der Waals surface area contributed by atoms with Crippen molar-refractivity contribution in [3.05, 3.63) is 35.9 Å². The normalized spacial score (nSPS) is 28.5. The van der Waals surface area contributed by atoms with Gasteiger partial charge in [0.15, 0.2) is 0 Å². The van der Waals surface area contributed by atoms with Gasteiger partial charge in [0, 0.05) is 31.7 Å². The fraction of sp³-hybridized carbons (Fsp3) is 0.647. The average Bonchev–Trinajstić information content (AvgIpc) is 2.92. The Balaban J connectivity index is 1.59. The van der Waals surface area contributed by atoms with Crippen LogP contribution in [-0.2, 0) is 6.42 Å². The molecule has 2 nitrogen and oxygen atoms in total. The summed E-state index contributed by atoms with van der Waals surface area (Å²) in [6.07, 6.45) is 5.31. The Morgan fingerprint density at radius 2 is 2.00 bits per heavy atom. The number of piperazine rings is 1. The summed E-state index contributed by atoms with van der Waals surface area (Å²) < 4.78 is 0. The van der Waals surface area contributed by atoms with Crippen molar-refractivity contribution in [1.82, 2.24) is 9.80 Å². The molecule has 2 unspecified atom stereocenters. The lowest BCUT2D eigenvalue weighted by atomic mass is 10.0. The van der Waals surface area contributed by atoms with Crippen LogP contribution in [0.1, 0.15) is 31.7 Å². The molecule has 1 aromatic carbocycles. The standard InChI is InChI=1S/C17H26N2/c1-2-16-13-18-11-6-9-17(18)14-19(16)12-10-15-7-4-3-5-8-15/h3-5,7-8,16-17H,2,6,9-14H2,1H3. The summed E-state index contributed by atoms with van der Waals surface area (Å²) in [7, 11) is 0. The minimum Gasteiger partial charge on any atom is -0.298 e. The quantitative estimate of drug-likeness (QED) is 0.819. The maximum Gasteiger partial charge on any atom is 0.0224 e. The van der Waals surface area contributed by atoms with Gasteiger partial charge >= 0.3 is 0 Å². The summed E-state index contributed by atoms with van der Waals surface area (Å²) >= 11 is 0. The van der Waals surface area contributed by atoms with E-state index in [2.05, 4.69) is 47.1 Å². The van der Waals surface area contributed by atoms with Gasteiger partial charge in [-0.1, -0.05) is 37.3 Å². The summed E-state index contributed by atoms with van der Waals surface area (Å²) in [5, 5.41) is 0. The van der Waals surface area contributed by atoms with Crippen LogP contribution in [0.2, 0.25) is 0 Å². The molecule has 0 spiro atoms. The molecule has 0 amide bonds. The third kappa shape index (κ3) is 3.01. The maximum absolute atomic E-state index is 2.75. The van der Waals surface area contributed by atoms with Crippen LogP contribution >= 0.6 is 0 Å². The van der Waals surface area contributed by atoms with Gasteiger partial charge in [-0.2, -0.15) is 0 Å². The van der Waals surface area contributed by atoms with Crippen LogP contribution < -0.4 is 0 Å². The van der Waals surface area contributed by atoms with E-state index in [1.165, 1.54) is 57.4 Å². The second kappa shape index (κ2) is 6.06. The fourth-order valence-corrected chi connectivity index (χ4v) is 3.73. The van der Waals surface area contributed by atoms with Crippen molar-refractivity contribution in [1.29, 1.82) is 0 Å². The molecule has 19 heavy (non-hydrogen) atoms. The van der Waals surface area contributed by atoms with Crippen molar-refractivity contribution in [2.75, 3.05) is 26.2 Å². The first-order chi connectivity index (χ1) is 9.36. The zero-order chi connectivity index (χ0) is 13.1. The van der Waals surface area contributed by atoms with Crippen molar-refractivity contribution in [3.8, 4) is 0 Å². The second-order valence-corrected chi connectivity index (χ2v) is 6.08. The number of fused-ring (bicyclic) bond motifs is 1. The molecule has 0 aromatic heterocycles. The van der Waals surface area contributed by atoms with Gasteiger partial charge in [-0.3, -0.25) is 9.80 Å². The topological polar surface area (TPSA) is 6.48 Å². The average molecular weight is 258 g/mol. The third-order valence-corrected chi connectivity index (χ3v) is 4.91. The first-order valence-electron chi connectivity index (χ1n) is 7.89. The molecule has 2 atom stereocenters. The van der Waals surface area contributed by atoms with E-state index in [0.717, 1.165) is 12.1 Å². The monoisotopic (exact) mass is 258 g/mol. The predicted molar refractivity (Wildman–Crippen MR) is 80.4 cm³/mol. The van der Waals surface area contributed by atoms with Crippen molar-refractivity contribution in [2.45, 2.75) is 44.7 Å². The molecular weight excluding hydrogens is 232 g/mol. The van der Waals surface area contributed by atoms with Gasteiger partial charge in [0.2, 0.25) is 0 Å². The Bertz CT molecular complexity index is 390. The number of rotatable bonds is 4. The highest BCUT2D eigenvalue weighted by Gasteiger charge is 2.34. The first-order valence-corrected chi connectivity index (χ1v) is 7.89. The summed E-state index contributed by atoms with van der Waals surface area (Å²) in [5.41, 5.74) is 1.48. The minimum atomic E-state index is 0.776. The molecule has 2 fully saturated rings. The van der Waals surface area contributed by atoms with Crippen LogP contribution in [0.3, 0.4) is 0 Å². The fourth-order valence-electron chi connectivity index (χ4n) is 3.73. The summed E-state index contributed by atoms with van der Waals surface area (Å²) in [6.45, 7) is 7.51. The van der Waals surface area contributed by atoms with Gasteiger partial charge in [0.25, 0.3) is 0 Å². The highest BCUT2D eigenvalue weighted by molar-refractivity contribution is 5.15. The van der Waals surface area contributed by atoms with Gasteiger partial charge in [-0.05, 0) is 37.8 Å². The molecule has 0 bridgehead atoms. The van der Waals surface area contributed by atoms with E-state index in [-0.39, 0.29) is 0 Å². The molecule has 0 N–H and O–H groups in total. The van der Waals surface area contributed by atoms with E-state index in [1.807, 2.05) is 0 Å². The molecule has 2 heteroatoms. The third-order valence-electron chi connectivity index (χ3n) is 4.91. The molecule has 0 saturated carbocycles. The largest absolute Gasteiger partial charge is 0.298 e. The Kier molecular flexibility index (Phi) is 4.19. The molecular formula is C17H26N2. The van der Waals surface area contributed by atoms with Crippen LogP contribution in [0.5, 0.6) is 0 Å². The van der Waals surface area contributed by atoms with Crippen LogP contribution in [0.15, 0.2) is 30.3 Å². The number of nitrogens with zero attached hydrogens (tertiary/aromatic N) is 2. The molecule has 3 rings (SSSR count). The molecule has 0 aliphatic carbocycles. The number of benzene rings is 1. The lowest BCUT2D eigenvalue weighted by molar-refractivity contribution is 0.0501. The summed E-state index contributed by atoms with van der Waals surface area (Å²) in [6, 6.07) is 12.6. The van der Waals surface area contributed by atoms with Crippen molar-refractivity contribution < 1.29 is 0 Å². The van der Waals surface area contributed by atoms with Crippen LogP contribution in [0.25, 0.3) is 0 Å². The SMILES string of the molecule is CCC1CN2CCCC2CN1CCc1ccccc1. The highest BCUT2D eigenvalue weighted by Crippen LogP contribution is 2.25. The molecule has 104 valence electrons. The Morgan fingerprint density at radius 1 is 1.16 bits per heavy atom. The van der Waals surface area contributed by atoms with Crippen molar-refractivity contribution >= 4 is 0 Å². The van der Waals surface area contributed by atoms with Crippen LogP contribution in [0.4, 0.5) is 0 Å². The molecule has 0 radical (unpaired) electrons. The Labute approximate surface area is 117 Å². The lowest BCUT2D eigenvalue weighted by Gasteiger charge is -2.43. The smallest absolute Gasteiger partial charge is 0.0224 e. The van der Waals surface area contributed by atoms with Crippen molar-refractivity contribution in [3.63, 3.8) is 0 Å². The van der Waals surface area contributed by atoms with E-state index in [9.17, 15) is 0 Å². The van der Waals surface area contributed by atoms with Crippen LogP contribution in [-0.4, -0.2) is 48.1 Å². The molecule has 2 heterocycles. The van der Waals surface area contributed by atoms with Gasteiger partial charge < -0.3 is 0 Å². The zero-order valence-corrected chi connectivity index (χ0v) is 12.1. The van der Waals surface area contributed by atoms with Gasteiger partial charge in [0.05, 0.1) is 0 Å². The molecule has 2 aliphatic heterocycles. The Hall–Kier alpha value is -0.860.